The van der Waals surface area contributed by atoms with Crippen molar-refractivity contribution < 1.29 is 0 Å². The molecule has 0 saturated heterocycles. The molecule has 2 rings (SSSR count). The molecule has 0 unspecified atom stereocenters. The van der Waals surface area contributed by atoms with Gasteiger partial charge in [-0.15, -0.1) is 11.3 Å². The van der Waals surface area contributed by atoms with Crippen LogP contribution in [-0.4, -0.2) is 23.5 Å². The van der Waals surface area contributed by atoms with Crippen LogP contribution in [0.15, 0.2) is 6.20 Å². The minimum Gasteiger partial charge on any atom is -0.375 e. The lowest BCUT2D eigenvalue weighted by atomic mass is 10.1. The van der Waals surface area contributed by atoms with Gasteiger partial charge in [0, 0.05) is 24.2 Å². The molecule has 1 aliphatic carbocycles. The second kappa shape index (κ2) is 4.94. The quantitative estimate of drug-likeness (QED) is 0.855. The van der Waals surface area contributed by atoms with Gasteiger partial charge in [-0.3, -0.25) is 0 Å². The standard InChI is InChI=1S/C11H19N3S/c1-14(7-9-4-2-3-5-9)8-10-6-13-11(12)15-10/h6,9H,2-5,7-8H2,1H3,(H2,12,13). The fourth-order valence-electron chi connectivity index (χ4n) is 2.36. The first-order valence-electron chi connectivity index (χ1n) is 5.63. The van der Waals surface area contributed by atoms with E-state index in [1.54, 1.807) is 11.3 Å². The zero-order valence-electron chi connectivity index (χ0n) is 9.28. The summed E-state index contributed by atoms with van der Waals surface area (Å²) in [6.45, 7) is 2.21. The first-order valence-corrected chi connectivity index (χ1v) is 6.44. The highest BCUT2D eigenvalue weighted by atomic mass is 32.1. The Labute approximate surface area is 95.3 Å². The largest absolute Gasteiger partial charge is 0.375 e. The van der Waals surface area contributed by atoms with E-state index in [4.69, 9.17) is 5.73 Å². The molecule has 0 atom stereocenters. The fraction of sp³-hybridized carbons (Fsp3) is 0.727. The maximum atomic E-state index is 5.61. The van der Waals surface area contributed by atoms with Crippen LogP contribution in [0.5, 0.6) is 0 Å². The lowest BCUT2D eigenvalue weighted by molar-refractivity contribution is 0.273. The van der Waals surface area contributed by atoms with Crippen LogP contribution in [0, 0.1) is 5.92 Å². The average Bonchev–Trinajstić information content (AvgIpc) is 2.77. The summed E-state index contributed by atoms with van der Waals surface area (Å²) >= 11 is 1.60. The van der Waals surface area contributed by atoms with Gasteiger partial charge in [-0.1, -0.05) is 12.8 Å². The number of rotatable bonds is 4. The molecule has 0 radical (unpaired) electrons. The molecule has 2 N–H and O–H groups in total. The SMILES string of the molecule is CN(Cc1cnc(N)s1)CC1CCCC1. The van der Waals surface area contributed by atoms with E-state index in [0.29, 0.717) is 5.13 Å². The van der Waals surface area contributed by atoms with Crippen molar-refractivity contribution in [3.63, 3.8) is 0 Å². The van der Waals surface area contributed by atoms with Crippen LogP contribution < -0.4 is 5.73 Å². The minimum absolute atomic E-state index is 0.680. The number of anilines is 1. The average molecular weight is 225 g/mol. The number of hydrogen-bond donors (Lipinski definition) is 1. The van der Waals surface area contributed by atoms with E-state index in [1.807, 2.05) is 6.20 Å². The Bertz CT molecular complexity index is 305. The van der Waals surface area contributed by atoms with Crippen LogP contribution in [0.3, 0.4) is 0 Å². The number of nitrogens with two attached hydrogens (primary N) is 1. The Hall–Kier alpha value is -0.610. The molecule has 3 nitrogen and oxygen atoms in total. The highest BCUT2D eigenvalue weighted by Gasteiger charge is 2.17. The zero-order chi connectivity index (χ0) is 10.7. The summed E-state index contributed by atoms with van der Waals surface area (Å²) in [6, 6.07) is 0. The van der Waals surface area contributed by atoms with Crippen molar-refractivity contribution in [1.29, 1.82) is 0 Å². The number of hydrogen-bond acceptors (Lipinski definition) is 4. The molecule has 1 fully saturated rings. The van der Waals surface area contributed by atoms with Crippen LogP contribution in [0.2, 0.25) is 0 Å². The van der Waals surface area contributed by atoms with E-state index < -0.39 is 0 Å². The van der Waals surface area contributed by atoms with Gasteiger partial charge in [0.05, 0.1) is 0 Å². The summed E-state index contributed by atoms with van der Waals surface area (Å²) in [7, 11) is 2.19. The Morgan fingerprint density at radius 3 is 2.87 bits per heavy atom. The molecule has 0 spiro atoms. The van der Waals surface area contributed by atoms with E-state index in [2.05, 4.69) is 16.9 Å². The molecule has 0 aliphatic heterocycles. The van der Waals surface area contributed by atoms with Crippen LogP contribution in [-0.2, 0) is 6.54 Å². The molecule has 1 saturated carbocycles. The van der Waals surface area contributed by atoms with E-state index in [9.17, 15) is 0 Å². The summed E-state index contributed by atoms with van der Waals surface area (Å²) in [4.78, 5) is 7.73. The monoisotopic (exact) mass is 225 g/mol. The molecule has 84 valence electrons. The van der Waals surface area contributed by atoms with Gasteiger partial charge in [-0.2, -0.15) is 0 Å². The van der Waals surface area contributed by atoms with Crippen molar-refractivity contribution >= 4 is 16.5 Å². The number of nitrogens with zero attached hydrogens (tertiary/aromatic N) is 2. The Morgan fingerprint density at radius 1 is 1.53 bits per heavy atom. The van der Waals surface area contributed by atoms with Crippen molar-refractivity contribution in [3.05, 3.63) is 11.1 Å². The molecule has 1 aliphatic rings. The molecule has 15 heavy (non-hydrogen) atoms. The smallest absolute Gasteiger partial charge is 0.180 e. The second-order valence-corrected chi connectivity index (χ2v) is 5.66. The van der Waals surface area contributed by atoms with Gasteiger partial charge >= 0.3 is 0 Å². The van der Waals surface area contributed by atoms with Crippen molar-refractivity contribution in [2.45, 2.75) is 32.2 Å². The van der Waals surface area contributed by atoms with Crippen LogP contribution in [0.1, 0.15) is 30.6 Å². The molecule has 0 aromatic carbocycles. The summed E-state index contributed by atoms with van der Waals surface area (Å²) in [5, 5.41) is 0.680. The molecule has 0 amide bonds. The summed E-state index contributed by atoms with van der Waals surface area (Å²) < 4.78 is 0. The normalized spacial score (nSPS) is 17.7. The van der Waals surface area contributed by atoms with Gasteiger partial charge < -0.3 is 10.6 Å². The summed E-state index contributed by atoms with van der Waals surface area (Å²) in [5.41, 5.74) is 5.61. The predicted molar refractivity (Wildman–Crippen MR) is 64.8 cm³/mol. The third-order valence-electron chi connectivity index (χ3n) is 3.04. The maximum Gasteiger partial charge on any atom is 0.180 e. The van der Waals surface area contributed by atoms with Gasteiger partial charge in [0.15, 0.2) is 5.13 Å². The first kappa shape index (κ1) is 10.9. The van der Waals surface area contributed by atoms with E-state index >= 15 is 0 Å². The van der Waals surface area contributed by atoms with Crippen molar-refractivity contribution in [3.8, 4) is 0 Å². The minimum atomic E-state index is 0.680. The second-order valence-electron chi connectivity index (χ2n) is 4.51. The Kier molecular flexibility index (Phi) is 3.59. The van der Waals surface area contributed by atoms with Gasteiger partial charge in [-0.05, 0) is 25.8 Å². The van der Waals surface area contributed by atoms with Gasteiger partial charge in [0.1, 0.15) is 0 Å². The third-order valence-corrected chi connectivity index (χ3v) is 3.85. The molecular formula is C11H19N3S. The van der Waals surface area contributed by atoms with E-state index in [0.717, 1.165) is 12.5 Å². The molecule has 4 heteroatoms. The first-order chi connectivity index (χ1) is 7.24. The van der Waals surface area contributed by atoms with Gasteiger partial charge in [-0.25, -0.2) is 4.98 Å². The predicted octanol–water partition coefficient (Wildman–Crippen LogP) is 2.35. The highest BCUT2D eigenvalue weighted by molar-refractivity contribution is 7.15. The molecule has 1 heterocycles. The Morgan fingerprint density at radius 2 is 2.27 bits per heavy atom. The van der Waals surface area contributed by atoms with E-state index in [1.165, 1.54) is 37.1 Å². The maximum absolute atomic E-state index is 5.61. The number of nitrogen functional groups attached to an aromatic ring is 1. The number of aromatic nitrogens is 1. The molecule has 0 bridgehead atoms. The lowest BCUT2D eigenvalue weighted by Gasteiger charge is -2.19. The van der Waals surface area contributed by atoms with Gasteiger partial charge in [0.25, 0.3) is 0 Å². The molecule has 1 aromatic heterocycles. The third kappa shape index (κ3) is 3.18. The number of thiazole rings is 1. The summed E-state index contributed by atoms with van der Waals surface area (Å²) in [6.07, 6.45) is 7.56. The van der Waals surface area contributed by atoms with Crippen molar-refractivity contribution in [2.24, 2.45) is 5.92 Å². The van der Waals surface area contributed by atoms with Crippen LogP contribution >= 0.6 is 11.3 Å². The van der Waals surface area contributed by atoms with Crippen LogP contribution in [0.25, 0.3) is 0 Å². The van der Waals surface area contributed by atoms with Gasteiger partial charge in [0.2, 0.25) is 0 Å². The zero-order valence-corrected chi connectivity index (χ0v) is 10.1. The molecular weight excluding hydrogens is 206 g/mol. The highest BCUT2D eigenvalue weighted by Crippen LogP contribution is 2.26. The van der Waals surface area contributed by atoms with Crippen molar-refractivity contribution in [1.82, 2.24) is 9.88 Å². The fourth-order valence-corrected chi connectivity index (χ4v) is 3.12. The lowest BCUT2D eigenvalue weighted by Crippen LogP contribution is -2.23. The topological polar surface area (TPSA) is 42.2 Å². The van der Waals surface area contributed by atoms with Crippen molar-refractivity contribution in [2.75, 3.05) is 19.3 Å². The van der Waals surface area contributed by atoms with Crippen LogP contribution in [0.4, 0.5) is 5.13 Å². The molecule has 1 aromatic rings. The summed E-state index contributed by atoms with van der Waals surface area (Å²) in [5.74, 6) is 0.917. The van der Waals surface area contributed by atoms with E-state index in [-0.39, 0.29) is 0 Å². The Balaban J connectivity index is 1.78.